The predicted molar refractivity (Wildman–Crippen MR) is 73.7 cm³/mol. The topological polar surface area (TPSA) is 80.5 Å². The zero-order chi connectivity index (χ0) is 12.2. The molecule has 0 aliphatic heterocycles. The van der Waals surface area contributed by atoms with E-state index in [1.807, 2.05) is 0 Å². The summed E-state index contributed by atoms with van der Waals surface area (Å²) >= 11 is 0. The number of tetrazole rings is 1. The zero-order valence-corrected chi connectivity index (χ0v) is 11.9. The van der Waals surface area contributed by atoms with Crippen molar-refractivity contribution >= 4 is 12.4 Å². The first kappa shape index (κ1) is 13.3. The Labute approximate surface area is 119 Å². The van der Waals surface area contributed by atoms with Crippen LogP contribution in [0.1, 0.15) is 37.9 Å². The molecule has 106 valence electrons. The van der Waals surface area contributed by atoms with Gasteiger partial charge in [-0.3, -0.25) is 0 Å². The molecular formula is C13H22ClN5. The summed E-state index contributed by atoms with van der Waals surface area (Å²) in [6.07, 6.45) is 7.97. The number of H-pyrrole nitrogens is 1. The van der Waals surface area contributed by atoms with Crippen LogP contribution in [0.15, 0.2) is 0 Å². The van der Waals surface area contributed by atoms with Gasteiger partial charge in [0.05, 0.1) is 0 Å². The predicted octanol–water partition coefficient (Wildman–Crippen LogP) is 1.57. The van der Waals surface area contributed by atoms with Crippen molar-refractivity contribution in [1.82, 2.24) is 20.6 Å². The number of aromatic nitrogens is 4. The summed E-state index contributed by atoms with van der Waals surface area (Å²) in [4.78, 5) is 0. The molecule has 1 aromatic rings. The van der Waals surface area contributed by atoms with E-state index in [4.69, 9.17) is 5.73 Å². The number of halogens is 1. The van der Waals surface area contributed by atoms with Gasteiger partial charge in [-0.25, -0.2) is 0 Å². The van der Waals surface area contributed by atoms with Crippen LogP contribution in [0.2, 0.25) is 0 Å². The molecule has 1 heterocycles. The van der Waals surface area contributed by atoms with Gasteiger partial charge in [0, 0.05) is 6.42 Å². The summed E-state index contributed by atoms with van der Waals surface area (Å²) in [5.41, 5.74) is 6.48. The molecule has 0 aromatic carbocycles. The van der Waals surface area contributed by atoms with E-state index < -0.39 is 0 Å². The Morgan fingerprint density at radius 3 is 2.21 bits per heavy atom. The molecule has 6 heteroatoms. The first-order valence-electron chi connectivity index (χ1n) is 7.22. The van der Waals surface area contributed by atoms with Crippen LogP contribution in [0.4, 0.5) is 0 Å². The molecule has 0 spiro atoms. The summed E-state index contributed by atoms with van der Waals surface area (Å²) < 4.78 is 0. The average molecular weight is 284 g/mol. The molecule has 4 aliphatic carbocycles. The lowest BCUT2D eigenvalue weighted by atomic mass is 9.44. The van der Waals surface area contributed by atoms with Gasteiger partial charge in [-0.05, 0) is 67.7 Å². The molecule has 19 heavy (non-hydrogen) atoms. The Morgan fingerprint density at radius 1 is 1.11 bits per heavy atom. The maximum Gasteiger partial charge on any atom is 0.175 e. The quantitative estimate of drug-likeness (QED) is 0.882. The van der Waals surface area contributed by atoms with Gasteiger partial charge in [-0.2, -0.15) is 5.21 Å². The smallest absolute Gasteiger partial charge is 0.175 e. The summed E-state index contributed by atoms with van der Waals surface area (Å²) in [5.74, 6) is 4.43. The first-order chi connectivity index (χ1) is 8.80. The van der Waals surface area contributed by atoms with Crippen molar-refractivity contribution in [2.45, 2.75) is 38.5 Å². The third-order valence-corrected chi connectivity index (χ3v) is 6.02. The van der Waals surface area contributed by atoms with Gasteiger partial charge in [0.2, 0.25) is 0 Å². The number of nitrogens with two attached hydrogens (primary N) is 1. The summed E-state index contributed by atoms with van der Waals surface area (Å²) in [6, 6.07) is 0. The molecule has 0 unspecified atom stereocenters. The van der Waals surface area contributed by atoms with Gasteiger partial charge in [0.25, 0.3) is 0 Å². The molecule has 4 fully saturated rings. The van der Waals surface area contributed by atoms with Gasteiger partial charge in [-0.1, -0.05) is 5.21 Å². The molecule has 5 nitrogen and oxygen atoms in total. The Balaban J connectivity index is 0.00000110. The van der Waals surface area contributed by atoms with Crippen molar-refractivity contribution in [3.05, 3.63) is 5.82 Å². The van der Waals surface area contributed by atoms with E-state index >= 15 is 0 Å². The lowest BCUT2D eigenvalue weighted by molar-refractivity contribution is -0.104. The van der Waals surface area contributed by atoms with Gasteiger partial charge in [0.1, 0.15) is 0 Å². The number of rotatable bonds is 3. The minimum absolute atomic E-state index is 0. The highest BCUT2D eigenvalue weighted by Crippen LogP contribution is 2.62. The molecule has 0 atom stereocenters. The van der Waals surface area contributed by atoms with Crippen molar-refractivity contribution in [2.24, 2.45) is 34.8 Å². The van der Waals surface area contributed by atoms with E-state index in [0.29, 0.717) is 0 Å². The van der Waals surface area contributed by atoms with Gasteiger partial charge >= 0.3 is 0 Å². The van der Waals surface area contributed by atoms with E-state index in [2.05, 4.69) is 20.6 Å². The molecule has 4 bridgehead atoms. The second-order valence-corrected chi connectivity index (χ2v) is 6.75. The average Bonchev–Trinajstić information content (AvgIpc) is 2.86. The van der Waals surface area contributed by atoms with Crippen LogP contribution < -0.4 is 5.73 Å². The molecule has 1 aromatic heterocycles. The highest BCUT2D eigenvalue weighted by atomic mass is 35.5. The van der Waals surface area contributed by atoms with Crippen molar-refractivity contribution < 1.29 is 0 Å². The Hall–Kier alpha value is -0.680. The molecule has 0 amide bonds. The van der Waals surface area contributed by atoms with Gasteiger partial charge in [-0.15, -0.1) is 22.6 Å². The minimum Gasteiger partial charge on any atom is -0.330 e. The molecule has 0 saturated heterocycles. The molecule has 3 N–H and O–H groups in total. The number of hydrogen-bond donors (Lipinski definition) is 2. The SMILES string of the molecule is Cl.NCC1(Cc2nn[nH]n2)C2CC3CC(C2)CC1C3. The summed E-state index contributed by atoms with van der Waals surface area (Å²) in [6.45, 7) is 0.788. The first-order valence-corrected chi connectivity index (χ1v) is 7.22. The normalized spacial score (nSPS) is 43.2. The zero-order valence-electron chi connectivity index (χ0n) is 11.1. The van der Waals surface area contributed by atoms with Crippen molar-refractivity contribution in [1.29, 1.82) is 0 Å². The largest absolute Gasteiger partial charge is 0.330 e. The lowest BCUT2D eigenvalue weighted by Crippen LogP contribution is -2.57. The van der Waals surface area contributed by atoms with E-state index in [0.717, 1.165) is 42.5 Å². The van der Waals surface area contributed by atoms with Crippen molar-refractivity contribution in [2.75, 3.05) is 6.54 Å². The fourth-order valence-corrected chi connectivity index (χ4v) is 5.37. The van der Waals surface area contributed by atoms with Crippen LogP contribution in [0.5, 0.6) is 0 Å². The fourth-order valence-electron chi connectivity index (χ4n) is 5.37. The van der Waals surface area contributed by atoms with E-state index in [9.17, 15) is 0 Å². The van der Waals surface area contributed by atoms with E-state index in [1.165, 1.54) is 32.1 Å². The molecular weight excluding hydrogens is 262 g/mol. The highest BCUT2D eigenvalue weighted by Gasteiger charge is 2.56. The van der Waals surface area contributed by atoms with Crippen LogP contribution >= 0.6 is 12.4 Å². The van der Waals surface area contributed by atoms with Crippen LogP contribution in [0.3, 0.4) is 0 Å². The number of hydrogen-bond acceptors (Lipinski definition) is 4. The fraction of sp³-hybridized carbons (Fsp3) is 0.923. The Kier molecular flexibility index (Phi) is 3.29. The Morgan fingerprint density at radius 2 is 1.74 bits per heavy atom. The number of nitrogens with one attached hydrogen (secondary N) is 1. The molecule has 4 aliphatic rings. The van der Waals surface area contributed by atoms with Gasteiger partial charge in [0.15, 0.2) is 5.82 Å². The van der Waals surface area contributed by atoms with E-state index in [-0.39, 0.29) is 17.8 Å². The monoisotopic (exact) mass is 283 g/mol. The van der Waals surface area contributed by atoms with E-state index in [1.54, 1.807) is 0 Å². The second kappa shape index (κ2) is 4.70. The lowest BCUT2D eigenvalue weighted by Gasteiger charge is -2.61. The van der Waals surface area contributed by atoms with Crippen LogP contribution in [-0.2, 0) is 6.42 Å². The van der Waals surface area contributed by atoms with Crippen molar-refractivity contribution in [3.63, 3.8) is 0 Å². The number of aromatic amines is 1. The molecule has 0 radical (unpaired) electrons. The van der Waals surface area contributed by atoms with Crippen LogP contribution in [0.25, 0.3) is 0 Å². The van der Waals surface area contributed by atoms with Crippen LogP contribution in [0, 0.1) is 29.1 Å². The maximum absolute atomic E-state index is 6.22. The second-order valence-electron chi connectivity index (χ2n) is 6.75. The maximum atomic E-state index is 6.22. The third kappa shape index (κ3) is 1.89. The Bertz CT molecular complexity index is 404. The molecule has 5 rings (SSSR count). The highest BCUT2D eigenvalue weighted by molar-refractivity contribution is 5.85. The molecule has 4 saturated carbocycles. The minimum atomic E-state index is 0. The standard InChI is InChI=1S/C13H21N5.ClH/c14-7-13(6-12-15-17-18-16-12)10-2-8-1-9(4-10)5-11(13)3-8;/h8-11H,1-7,14H2,(H,15,16,17,18);1H. The van der Waals surface area contributed by atoms with Crippen molar-refractivity contribution in [3.8, 4) is 0 Å². The van der Waals surface area contributed by atoms with Gasteiger partial charge < -0.3 is 5.73 Å². The van der Waals surface area contributed by atoms with Crippen LogP contribution in [-0.4, -0.2) is 27.2 Å². The summed E-state index contributed by atoms with van der Waals surface area (Å²) in [7, 11) is 0. The summed E-state index contributed by atoms with van der Waals surface area (Å²) in [5, 5.41) is 14.6. The third-order valence-electron chi connectivity index (χ3n) is 6.02. The number of nitrogens with zero attached hydrogens (tertiary/aromatic N) is 3.